The largest absolute Gasteiger partial charge is 0.379 e. The molecule has 1 aliphatic rings. The fraction of sp³-hybridized carbons (Fsp3) is 0.771. The van der Waals surface area contributed by atoms with Crippen LogP contribution in [0.1, 0.15) is 34.1 Å². The molecule has 1 aromatic rings. The van der Waals surface area contributed by atoms with E-state index in [2.05, 4.69) is 6.92 Å². The molecule has 0 atom stereocenters. The average Bonchev–Trinajstić information content (AvgIpc) is 3.37. The van der Waals surface area contributed by atoms with Crippen LogP contribution in [0.4, 0.5) is 0 Å². The van der Waals surface area contributed by atoms with Gasteiger partial charge in [-0.2, -0.15) is 0 Å². The zero-order valence-corrected chi connectivity index (χ0v) is 29.9. The van der Waals surface area contributed by atoms with Gasteiger partial charge in [-0.05, 0) is 18.6 Å². The third-order valence-electron chi connectivity index (χ3n) is 6.78. The SMILES string of the molecule is CCCOCCOCCOCCOCCOCCOCCOCCOCCOCCOCCOCCOCCN1C(=O)c2ccccc2C1=O. The van der Waals surface area contributed by atoms with Gasteiger partial charge < -0.3 is 56.8 Å². The highest BCUT2D eigenvalue weighted by Gasteiger charge is 2.34. The van der Waals surface area contributed by atoms with E-state index in [1.54, 1.807) is 24.3 Å². The molecule has 0 unspecified atom stereocenters. The molecular weight excluding hydrogens is 658 g/mol. The van der Waals surface area contributed by atoms with Crippen LogP contribution in [0.2, 0.25) is 0 Å². The smallest absolute Gasteiger partial charge is 0.261 e. The molecule has 2 amide bonds. The van der Waals surface area contributed by atoms with Crippen molar-refractivity contribution in [1.82, 2.24) is 4.90 Å². The van der Waals surface area contributed by atoms with E-state index in [1.807, 2.05) is 0 Å². The number of ether oxygens (including phenoxy) is 12. The van der Waals surface area contributed by atoms with E-state index in [0.717, 1.165) is 13.0 Å². The summed E-state index contributed by atoms with van der Waals surface area (Å²) in [5.74, 6) is -0.556. The molecule has 1 heterocycles. The van der Waals surface area contributed by atoms with Crippen LogP contribution in [-0.2, 0) is 56.8 Å². The van der Waals surface area contributed by atoms with Crippen LogP contribution in [0, 0.1) is 0 Å². The number of hydrogen-bond acceptors (Lipinski definition) is 14. The van der Waals surface area contributed by atoms with Gasteiger partial charge in [-0.25, -0.2) is 0 Å². The monoisotopic (exact) mass is 717 g/mol. The maximum absolute atomic E-state index is 12.3. The average molecular weight is 718 g/mol. The third-order valence-corrected chi connectivity index (χ3v) is 6.78. The van der Waals surface area contributed by atoms with E-state index in [9.17, 15) is 9.59 Å². The number of nitrogens with zero attached hydrogens (tertiary/aromatic N) is 1. The number of fused-ring (bicyclic) bond motifs is 1. The third kappa shape index (κ3) is 22.6. The number of carbonyl (C=O) groups is 2. The van der Waals surface area contributed by atoms with Crippen molar-refractivity contribution < 1.29 is 66.4 Å². The predicted octanol–water partition coefficient (Wildman–Crippen LogP) is 1.89. The Balaban J connectivity index is 1.16. The molecular formula is C35H59NO14. The van der Waals surface area contributed by atoms with Crippen molar-refractivity contribution >= 4 is 11.8 Å². The Morgan fingerprint density at radius 1 is 0.360 bits per heavy atom. The van der Waals surface area contributed by atoms with Crippen molar-refractivity contribution in [2.24, 2.45) is 0 Å². The summed E-state index contributed by atoms with van der Waals surface area (Å²) < 4.78 is 65.5. The number of benzene rings is 1. The van der Waals surface area contributed by atoms with Gasteiger partial charge in [0.2, 0.25) is 0 Å². The Hall–Kier alpha value is -2.12. The van der Waals surface area contributed by atoms with E-state index in [1.165, 1.54) is 4.90 Å². The van der Waals surface area contributed by atoms with Gasteiger partial charge in [-0.1, -0.05) is 19.1 Å². The molecule has 0 fully saturated rings. The van der Waals surface area contributed by atoms with Gasteiger partial charge in [-0.15, -0.1) is 0 Å². The van der Waals surface area contributed by atoms with Crippen molar-refractivity contribution in [3.8, 4) is 0 Å². The van der Waals surface area contributed by atoms with Crippen LogP contribution in [0.5, 0.6) is 0 Å². The summed E-state index contributed by atoms with van der Waals surface area (Å²) in [6.07, 6.45) is 1.02. The first-order valence-corrected chi connectivity index (χ1v) is 17.6. The summed E-state index contributed by atoms with van der Waals surface area (Å²) in [4.78, 5) is 25.8. The van der Waals surface area contributed by atoms with Crippen LogP contribution in [0.3, 0.4) is 0 Å². The lowest BCUT2D eigenvalue weighted by Gasteiger charge is -2.13. The molecule has 0 aliphatic carbocycles. The Bertz CT molecular complexity index is 921. The normalized spacial score (nSPS) is 12.8. The molecule has 0 N–H and O–H groups in total. The minimum absolute atomic E-state index is 0.214. The summed E-state index contributed by atoms with van der Waals surface area (Å²) in [5.41, 5.74) is 0.883. The molecule has 0 bridgehead atoms. The molecule has 0 saturated carbocycles. The zero-order valence-electron chi connectivity index (χ0n) is 29.9. The molecule has 1 aliphatic heterocycles. The van der Waals surface area contributed by atoms with Crippen LogP contribution in [0.15, 0.2) is 24.3 Å². The number of carbonyl (C=O) groups excluding carboxylic acids is 2. The first-order valence-electron chi connectivity index (χ1n) is 17.6. The molecule has 0 radical (unpaired) electrons. The molecule has 2 rings (SSSR count). The van der Waals surface area contributed by atoms with Crippen molar-refractivity contribution in [2.75, 3.05) is 165 Å². The highest BCUT2D eigenvalue weighted by atomic mass is 16.6. The van der Waals surface area contributed by atoms with Gasteiger partial charge >= 0.3 is 0 Å². The summed E-state index contributed by atoms with van der Waals surface area (Å²) in [5, 5.41) is 0. The maximum Gasteiger partial charge on any atom is 0.261 e. The second kappa shape index (κ2) is 32.8. The second-order valence-corrected chi connectivity index (χ2v) is 10.7. The van der Waals surface area contributed by atoms with Crippen LogP contribution >= 0.6 is 0 Å². The number of rotatable bonds is 38. The van der Waals surface area contributed by atoms with Gasteiger partial charge in [0.15, 0.2) is 0 Å². The maximum atomic E-state index is 12.3. The highest BCUT2D eigenvalue weighted by molar-refractivity contribution is 6.21. The Labute approximate surface area is 296 Å². The van der Waals surface area contributed by atoms with Gasteiger partial charge in [0.1, 0.15) is 0 Å². The zero-order chi connectivity index (χ0) is 35.6. The Morgan fingerprint density at radius 2 is 0.580 bits per heavy atom. The van der Waals surface area contributed by atoms with Crippen molar-refractivity contribution in [3.63, 3.8) is 0 Å². The standard InChI is InChI=1S/C35H59NO14/c1-2-8-39-10-12-41-14-16-43-18-20-45-22-24-47-26-28-49-30-31-50-29-27-48-25-23-46-21-19-44-17-15-42-13-11-40-9-7-36-34(37)32-5-3-4-6-33(32)35(36)38/h3-6H,2,7-31H2,1H3. The first kappa shape index (κ1) is 44.0. The molecule has 0 aromatic heterocycles. The molecule has 50 heavy (non-hydrogen) atoms. The minimum Gasteiger partial charge on any atom is -0.379 e. The van der Waals surface area contributed by atoms with E-state index in [-0.39, 0.29) is 25.0 Å². The fourth-order valence-electron chi connectivity index (χ4n) is 4.26. The molecule has 288 valence electrons. The number of imide groups is 1. The van der Waals surface area contributed by atoms with Gasteiger partial charge in [0.25, 0.3) is 11.8 Å². The molecule has 15 nitrogen and oxygen atoms in total. The highest BCUT2D eigenvalue weighted by Crippen LogP contribution is 2.21. The van der Waals surface area contributed by atoms with Crippen molar-refractivity contribution in [3.05, 3.63) is 35.4 Å². The molecule has 15 heteroatoms. The fourth-order valence-corrected chi connectivity index (χ4v) is 4.26. The topological polar surface area (TPSA) is 148 Å². The molecule has 1 aromatic carbocycles. The van der Waals surface area contributed by atoms with Crippen molar-refractivity contribution in [2.45, 2.75) is 13.3 Å². The number of amides is 2. The number of hydrogen-bond donors (Lipinski definition) is 0. The quantitative estimate of drug-likeness (QED) is 0.0724. The lowest BCUT2D eigenvalue weighted by Crippen LogP contribution is -2.33. The van der Waals surface area contributed by atoms with Gasteiger partial charge in [0.05, 0.1) is 170 Å². The minimum atomic E-state index is -0.278. The molecule has 0 spiro atoms. The van der Waals surface area contributed by atoms with Gasteiger partial charge in [0, 0.05) is 6.61 Å². The summed E-state index contributed by atoms with van der Waals surface area (Å²) >= 11 is 0. The van der Waals surface area contributed by atoms with Crippen LogP contribution in [-0.4, -0.2) is 182 Å². The summed E-state index contributed by atoms with van der Waals surface area (Å²) in [6, 6.07) is 6.82. The Kier molecular flexibility index (Phi) is 28.9. The lowest BCUT2D eigenvalue weighted by atomic mass is 10.1. The van der Waals surface area contributed by atoms with E-state index in [4.69, 9.17) is 56.8 Å². The summed E-state index contributed by atoms with van der Waals surface area (Å²) in [7, 11) is 0. The predicted molar refractivity (Wildman–Crippen MR) is 182 cm³/mol. The lowest BCUT2D eigenvalue weighted by molar-refractivity contribution is -0.0284. The molecule has 0 saturated heterocycles. The van der Waals surface area contributed by atoms with Crippen LogP contribution in [0.25, 0.3) is 0 Å². The second-order valence-electron chi connectivity index (χ2n) is 10.7. The first-order chi connectivity index (χ1) is 24.8. The van der Waals surface area contributed by atoms with Crippen LogP contribution < -0.4 is 0 Å². The van der Waals surface area contributed by atoms with E-state index in [0.29, 0.717) is 156 Å². The van der Waals surface area contributed by atoms with Gasteiger partial charge in [-0.3, -0.25) is 14.5 Å². The Morgan fingerprint density at radius 3 is 0.820 bits per heavy atom. The summed E-state index contributed by atoms with van der Waals surface area (Å²) in [6.45, 7) is 14.2. The van der Waals surface area contributed by atoms with Crippen molar-refractivity contribution in [1.29, 1.82) is 0 Å². The van der Waals surface area contributed by atoms with E-state index < -0.39 is 0 Å². The van der Waals surface area contributed by atoms with E-state index >= 15 is 0 Å².